The third kappa shape index (κ3) is 4.16. The first-order valence-corrected chi connectivity index (χ1v) is 10.2. The molecule has 0 spiro atoms. The molecule has 7 heteroatoms. The summed E-state index contributed by atoms with van der Waals surface area (Å²) in [5, 5.41) is 4.27. The lowest BCUT2D eigenvalue weighted by Crippen LogP contribution is -2.49. The number of piperazine rings is 1. The van der Waals surface area contributed by atoms with Crippen LogP contribution in [0, 0.1) is 0 Å². The number of aromatic nitrogens is 2. The fraction of sp³-hybridized carbons (Fsp3) is 0.304. The van der Waals surface area contributed by atoms with E-state index in [9.17, 15) is 4.79 Å². The molecule has 0 atom stereocenters. The van der Waals surface area contributed by atoms with Gasteiger partial charge < -0.3 is 14.4 Å². The number of benzene rings is 2. The number of hydrogen-bond donors (Lipinski definition) is 0. The summed E-state index contributed by atoms with van der Waals surface area (Å²) in [5.74, 6) is 1.69. The van der Waals surface area contributed by atoms with Gasteiger partial charge in [0.05, 0.1) is 13.1 Å². The second kappa shape index (κ2) is 8.20. The zero-order valence-corrected chi connectivity index (χ0v) is 16.7. The van der Waals surface area contributed by atoms with Gasteiger partial charge in [0.1, 0.15) is 0 Å². The number of amides is 1. The van der Waals surface area contributed by atoms with Gasteiger partial charge in [-0.1, -0.05) is 30.3 Å². The van der Waals surface area contributed by atoms with Gasteiger partial charge in [0.25, 0.3) is 0 Å². The van der Waals surface area contributed by atoms with E-state index in [1.54, 1.807) is 6.20 Å². The summed E-state index contributed by atoms with van der Waals surface area (Å²) in [4.78, 5) is 16.9. The Kier molecular flexibility index (Phi) is 5.11. The molecule has 1 aromatic heterocycles. The van der Waals surface area contributed by atoms with E-state index in [2.05, 4.69) is 34.3 Å². The highest BCUT2D eigenvalue weighted by molar-refractivity contribution is 5.79. The van der Waals surface area contributed by atoms with Crippen LogP contribution in [-0.2, 0) is 24.4 Å². The Labute approximate surface area is 175 Å². The number of rotatable bonds is 6. The average molecular weight is 404 g/mol. The quantitative estimate of drug-likeness (QED) is 0.632. The molecular weight excluding hydrogens is 380 g/mol. The third-order valence-electron chi connectivity index (χ3n) is 5.51. The van der Waals surface area contributed by atoms with Crippen molar-refractivity contribution in [3.8, 4) is 11.5 Å². The van der Waals surface area contributed by atoms with Crippen LogP contribution < -0.4 is 9.47 Å². The van der Waals surface area contributed by atoms with Crippen molar-refractivity contribution in [3.05, 3.63) is 77.6 Å². The smallest absolute Gasteiger partial charge is 0.237 e. The van der Waals surface area contributed by atoms with Crippen LogP contribution in [0.2, 0.25) is 0 Å². The number of carbonyl (C=O) groups is 1. The van der Waals surface area contributed by atoms with Crippen LogP contribution >= 0.6 is 0 Å². The van der Waals surface area contributed by atoms with Gasteiger partial charge in [-0.05, 0) is 34.9 Å². The minimum atomic E-state index is 0.159. The molecule has 1 amide bonds. The topological polar surface area (TPSA) is 59.8 Å². The lowest BCUT2D eigenvalue weighted by molar-refractivity contribution is -0.136. The average Bonchev–Trinajstić information content (AvgIpc) is 3.42. The Bertz CT molecular complexity index is 1030. The maximum Gasteiger partial charge on any atom is 0.237 e. The highest BCUT2D eigenvalue weighted by Gasteiger charge is 2.24. The van der Waals surface area contributed by atoms with Gasteiger partial charge >= 0.3 is 0 Å². The Morgan fingerprint density at radius 1 is 0.867 bits per heavy atom. The van der Waals surface area contributed by atoms with E-state index in [1.165, 1.54) is 11.1 Å². The maximum absolute atomic E-state index is 12.7. The van der Waals surface area contributed by atoms with Gasteiger partial charge in [0.2, 0.25) is 12.7 Å². The van der Waals surface area contributed by atoms with Crippen molar-refractivity contribution in [2.75, 3.05) is 26.4 Å². The summed E-state index contributed by atoms with van der Waals surface area (Å²) in [7, 11) is 0. The van der Waals surface area contributed by atoms with E-state index in [0.717, 1.165) is 43.2 Å². The molecule has 3 aromatic rings. The molecule has 0 unspecified atom stereocenters. The van der Waals surface area contributed by atoms with Crippen molar-refractivity contribution >= 4 is 5.91 Å². The lowest BCUT2D eigenvalue weighted by atomic mass is 10.1. The highest BCUT2D eigenvalue weighted by atomic mass is 16.7. The first kappa shape index (κ1) is 18.7. The van der Waals surface area contributed by atoms with Crippen molar-refractivity contribution in [1.82, 2.24) is 19.6 Å². The minimum absolute atomic E-state index is 0.159. The van der Waals surface area contributed by atoms with Crippen molar-refractivity contribution in [3.63, 3.8) is 0 Å². The van der Waals surface area contributed by atoms with Gasteiger partial charge in [0.15, 0.2) is 11.5 Å². The molecular formula is C23H24N4O3. The Balaban J connectivity index is 1.17. The first-order valence-electron chi connectivity index (χ1n) is 10.2. The second-order valence-electron chi connectivity index (χ2n) is 7.74. The van der Waals surface area contributed by atoms with E-state index in [-0.39, 0.29) is 12.7 Å². The summed E-state index contributed by atoms with van der Waals surface area (Å²) >= 11 is 0. The maximum atomic E-state index is 12.7. The molecule has 154 valence electrons. The normalized spacial score (nSPS) is 16.3. The van der Waals surface area contributed by atoms with Crippen LogP contribution in [0.1, 0.15) is 16.7 Å². The number of hydrogen-bond acceptors (Lipinski definition) is 5. The van der Waals surface area contributed by atoms with Crippen LogP contribution in [0.4, 0.5) is 0 Å². The van der Waals surface area contributed by atoms with Crippen LogP contribution in [0.25, 0.3) is 0 Å². The molecule has 0 aliphatic carbocycles. The van der Waals surface area contributed by atoms with Crippen LogP contribution in [0.3, 0.4) is 0 Å². The van der Waals surface area contributed by atoms with Crippen LogP contribution in [0.15, 0.2) is 60.9 Å². The van der Waals surface area contributed by atoms with E-state index < -0.39 is 0 Å². The van der Waals surface area contributed by atoms with Crippen molar-refractivity contribution < 1.29 is 14.3 Å². The largest absolute Gasteiger partial charge is 0.454 e. The van der Waals surface area contributed by atoms with E-state index in [1.807, 2.05) is 40.0 Å². The summed E-state index contributed by atoms with van der Waals surface area (Å²) in [6.45, 7) is 4.41. The molecule has 2 aromatic carbocycles. The predicted octanol–water partition coefficient (Wildman–Crippen LogP) is 2.50. The van der Waals surface area contributed by atoms with E-state index >= 15 is 0 Å². The molecule has 0 saturated carbocycles. The zero-order valence-electron chi connectivity index (χ0n) is 16.7. The fourth-order valence-electron chi connectivity index (χ4n) is 3.98. The van der Waals surface area contributed by atoms with Gasteiger partial charge in [-0.15, -0.1) is 0 Å². The Hall–Kier alpha value is -3.32. The Morgan fingerprint density at radius 2 is 1.70 bits per heavy atom. The molecule has 30 heavy (non-hydrogen) atoms. The molecule has 0 radical (unpaired) electrons. The molecule has 0 bridgehead atoms. The number of fused-ring (bicyclic) bond motifs is 1. The lowest BCUT2D eigenvalue weighted by Gasteiger charge is -2.34. The predicted molar refractivity (Wildman–Crippen MR) is 111 cm³/mol. The molecule has 0 N–H and O–H groups in total. The summed E-state index contributed by atoms with van der Waals surface area (Å²) in [6.07, 6.45) is 3.75. The SMILES string of the molecule is O=C1CN(Cc2cccc(Cn3cccn3)c2)CCN1Cc1ccc2c(c1)OCO2. The summed E-state index contributed by atoms with van der Waals surface area (Å²) in [6, 6.07) is 16.3. The standard InChI is InChI=1S/C23H24N4O3/c28-23-16-25(13-18-3-1-4-19(11-18)15-27-8-2-7-24-27)9-10-26(23)14-20-5-6-21-22(12-20)30-17-29-21/h1-8,11-12H,9-10,13-17H2. The van der Waals surface area contributed by atoms with Crippen molar-refractivity contribution in [2.24, 2.45) is 0 Å². The fourth-order valence-corrected chi connectivity index (χ4v) is 3.98. The first-order chi connectivity index (χ1) is 14.7. The third-order valence-corrected chi connectivity index (χ3v) is 5.51. The van der Waals surface area contributed by atoms with Crippen molar-refractivity contribution in [1.29, 1.82) is 0 Å². The van der Waals surface area contributed by atoms with Gasteiger partial charge in [-0.2, -0.15) is 5.10 Å². The molecule has 7 nitrogen and oxygen atoms in total. The van der Waals surface area contributed by atoms with Crippen molar-refractivity contribution in [2.45, 2.75) is 19.6 Å². The molecule has 1 fully saturated rings. The summed E-state index contributed by atoms with van der Waals surface area (Å²) < 4.78 is 12.7. The van der Waals surface area contributed by atoms with E-state index in [4.69, 9.17) is 9.47 Å². The molecule has 5 rings (SSSR count). The minimum Gasteiger partial charge on any atom is -0.454 e. The number of ether oxygens (including phenoxy) is 2. The van der Waals surface area contributed by atoms with Crippen LogP contribution in [0.5, 0.6) is 11.5 Å². The second-order valence-corrected chi connectivity index (χ2v) is 7.74. The zero-order chi connectivity index (χ0) is 20.3. The Morgan fingerprint density at radius 3 is 2.53 bits per heavy atom. The number of carbonyl (C=O) groups excluding carboxylic acids is 1. The monoisotopic (exact) mass is 404 g/mol. The number of nitrogens with zero attached hydrogens (tertiary/aromatic N) is 4. The molecule has 2 aliphatic rings. The van der Waals surface area contributed by atoms with Gasteiger partial charge in [0, 0.05) is 38.6 Å². The van der Waals surface area contributed by atoms with Gasteiger partial charge in [-0.25, -0.2) is 0 Å². The molecule has 1 saturated heterocycles. The highest BCUT2D eigenvalue weighted by Crippen LogP contribution is 2.32. The van der Waals surface area contributed by atoms with Gasteiger partial charge in [-0.3, -0.25) is 14.4 Å². The summed E-state index contributed by atoms with van der Waals surface area (Å²) in [5.41, 5.74) is 3.49. The van der Waals surface area contributed by atoms with E-state index in [0.29, 0.717) is 13.1 Å². The molecule has 2 aliphatic heterocycles. The van der Waals surface area contributed by atoms with Crippen LogP contribution in [-0.4, -0.2) is 51.9 Å². The molecule has 3 heterocycles.